The lowest BCUT2D eigenvalue weighted by atomic mass is 10.1. The highest BCUT2D eigenvalue weighted by atomic mass is 127. The summed E-state index contributed by atoms with van der Waals surface area (Å²) in [6.45, 7) is 0. The minimum Gasteiger partial charge on any atom is -0.382 e. The molecular weight excluding hydrogens is 501 g/mol. The van der Waals surface area contributed by atoms with Crippen LogP contribution in [0.1, 0.15) is 22.9 Å². The second kappa shape index (κ2) is 9.80. The zero-order valence-electron chi connectivity index (χ0n) is 16.6. The number of carbonyl (C=O) groups is 1. The first-order chi connectivity index (χ1) is 15.1. The monoisotopic (exact) mass is 521 g/mol. The van der Waals surface area contributed by atoms with E-state index < -0.39 is 6.10 Å². The third-order valence-electron chi connectivity index (χ3n) is 4.78. The van der Waals surface area contributed by atoms with Crippen LogP contribution in [0.3, 0.4) is 0 Å². The molecule has 0 saturated carbocycles. The van der Waals surface area contributed by atoms with Crippen molar-refractivity contribution < 1.29 is 9.90 Å². The van der Waals surface area contributed by atoms with Gasteiger partial charge in [0.15, 0.2) is 5.82 Å². The molecule has 4 rings (SSSR count). The van der Waals surface area contributed by atoms with Crippen LogP contribution in [-0.4, -0.2) is 21.0 Å². The highest BCUT2D eigenvalue weighted by molar-refractivity contribution is 14.1. The predicted molar refractivity (Wildman–Crippen MR) is 129 cm³/mol. The van der Waals surface area contributed by atoms with E-state index in [0.717, 1.165) is 14.7 Å². The summed E-state index contributed by atoms with van der Waals surface area (Å²) in [6, 6.07) is 26.6. The quantitative estimate of drug-likeness (QED) is 0.350. The van der Waals surface area contributed by atoms with Crippen molar-refractivity contribution in [2.45, 2.75) is 12.5 Å². The second-order valence-electron chi connectivity index (χ2n) is 7.02. The standard InChI is InChI=1S/C25H20IN3O2/c26-20-13-11-17(12-14-20)15-22(30)29-25-23(24(31)19-9-5-2-6-10-19)28-21(16-27-25)18-7-3-1-4-8-18/h1-14,16,24,31H,15H2,(H,27,29,30). The maximum absolute atomic E-state index is 12.7. The van der Waals surface area contributed by atoms with E-state index in [-0.39, 0.29) is 18.1 Å². The minimum absolute atomic E-state index is 0.208. The molecule has 1 heterocycles. The lowest BCUT2D eigenvalue weighted by molar-refractivity contribution is -0.115. The van der Waals surface area contributed by atoms with Crippen LogP contribution in [0.15, 0.2) is 91.1 Å². The summed E-state index contributed by atoms with van der Waals surface area (Å²) in [4.78, 5) is 21.8. The Balaban J connectivity index is 1.65. The van der Waals surface area contributed by atoms with Gasteiger partial charge in [-0.05, 0) is 45.9 Å². The third-order valence-corrected chi connectivity index (χ3v) is 5.50. The third kappa shape index (κ3) is 5.34. The van der Waals surface area contributed by atoms with E-state index in [9.17, 15) is 9.90 Å². The number of nitrogens with zero attached hydrogens (tertiary/aromatic N) is 2. The number of amides is 1. The molecule has 1 atom stereocenters. The van der Waals surface area contributed by atoms with Gasteiger partial charge in [-0.3, -0.25) is 4.79 Å². The zero-order chi connectivity index (χ0) is 21.6. The van der Waals surface area contributed by atoms with Crippen LogP contribution >= 0.6 is 22.6 Å². The fourth-order valence-electron chi connectivity index (χ4n) is 3.20. The lowest BCUT2D eigenvalue weighted by Crippen LogP contribution is -2.19. The van der Waals surface area contributed by atoms with E-state index in [1.165, 1.54) is 0 Å². The van der Waals surface area contributed by atoms with Gasteiger partial charge in [-0.25, -0.2) is 9.97 Å². The summed E-state index contributed by atoms with van der Waals surface area (Å²) in [7, 11) is 0. The maximum Gasteiger partial charge on any atom is 0.229 e. The molecule has 0 aliphatic rings. The Morgan fingerprint density at radius 3 is 2.26 bits per heavy atom. The number of aromatic nitrogens is 2. The minimum atomic E-state index is -1.02. The molecule has 0 fully saturated rings. The van der Waals surface area contributed by atoms with Gasteiger partial charge in [0.25, 0.3) is 0 Å². The summed E-state index contributed by atoms with van der Waals surface area (Å²) >= 11 is 2.23. The van der Waals surface area contributed by atoms with Gasteiger partial charge in [0.2, 0.25) is 5.91 Å². The van der Waals surface area contributed by atoms with Crippen molar-refractivity contribution >= 4 is 34.3 Å². The summed E-state index contributed by atoms with van der Waals surface area (Å²) in [6.07, 6.45) is 0.794. The number of rotatable bonds is 6. The first-order valence-corrected chi connectivity index (χ1v) is 10.9. The molecule has 154 valence electrons. The largest absolute Gasteiger partial charge is 0.382 e. The topological polar surface area (TPSA) is 75.1 Å². The van der Waals surface area contributed by atoms with Crippen molar-refractivity contribution in [3.63, 3.8) is 0 Å². The number of aliphatic hydroxyl groups excluding tert-OH is 1. The Morgan fingerprint density at radius 2 is 1.58 bits per heavy atom. The predicted octanol–water partition coefficient (Wildman–Crippen LogP) is 5.01. The van der Waals surface area contributed by atoms with Crippen molar-refractivity contribution in [2.75, 3.05) is 5.32 Å². The maximum atomic E-state index is 12.7. The molecule has 4 aromatic rings. The fraction of sp³-hybridized carbons (Fsp3) is 0.0800. The molecule has 0 spiro atoms. The van der Waals surface area contributed by atoms with Crippen LogP contribution in [0.4, 0.5) is 5.82 Å². The van der Waals surface area contributed by atoms with Crippen molar-refractivity contribution in [2.24, 2.45) is 0 Å². The van der Waals surface area contributed by atoms with Gasteiger partial charge in [0.05, 0.1) is 18.3 Å². The lowest BCUT2D eigenvalue weighted by Gasteiger charge is -2.16. The molecule has 0 aliphatic carbocycles. The Morgan fingerprint density at radius 1 is 0.935 bits per heavy atom. The Labute approximate surface area is 194 Å². The van der Waals surface area contributed by atoms with Gasteiger partial charge in [-0.2, -0.15) is 0 Å². The van der Waals surface area contributed by atoms with Gasteiger partial charge in [-0.1, -0.05) is 72.8 Å². The van der Waals surface area contributed by atoms with Crippen molar-refractivity contribution in [1.29, 1.82) is 0 Å². The van der Waals surface area contributed by atoms with E-state index in [1.54, 1.807) is 6.20 Å². The first kappa shape index (κ1) is 21.1. The van der Waals surface area contributed by atoms with E-state index in [1.807, 2.05) is 84.9 Å². The van der Waals surface area contributed by atoms with E-state index in [2.05, 4.69) is 37.9 Å². The molecule has 31 heavy (non-hydrogen) atoms. The Bertz CT molecular complexity index is 1170. The number of anilines is 1. The van der Waals surface area contributed by atoms with E-state index in [0.29, 0.717) is 17.0 Å². The average molecular weight is 521 g/mol. The van der Waals surface area contributed by atoms with E-state index in [4.69, 9.17) is 0 Å². The molecule has 0 radical (unpaired) electrons. The average Bonchev–Trinajstić information content (AvgIpc) is 2.81. The fourth-order valence-corrected chi connectivity index (χ4v) is 3.56. The summed E-state index contributed by atoms with van der Waals surface area (Å²) < 4.78 is 1.11. The molecule has 3 aromatic carbocycles. The number of halogens is 1. The molecule has 0 aliphatic heterocycles. The van der Waals surface area contributed by atoms with Gasteiger partial charge in [0, 0.05) is 9.13 Å². The zero-order valence-corrected chi connectivity index (χ0v) is 18.7. The number of hydrogen-bond acceptors (Lipinski definition) is 4. The van der Waals surface area contributed by atoms with Crippen LogP contribution in [-0.2, 0) is 11.2 Å². The Kier molecular flexibility index (Phi) is 6.69. The van der Waals surface area contributed by atoms with Crippen LogP contribution in [0.25, 0.3) is 11.3 Å². The molecule has 5 nitrogen and oxygen atoms in total. The molecule has 6 heteroatoms. The van der Waals surface area contributed by atoms with Crippen LogP contribution in [0.5, 0.6) is 0 Å². The number of nitrogens with one attached hydrogen (secondary N) is 1. The molecule has 1 aromatic heterocycles. The van der Waals surface area contributed by atoms with Gasteiger partial charge in [0.1, 0.15) is 11.8 Å². The Hall–Kier alpha value is -3.10. The molecule has 0 bridgehead atoms. The molecule has 2 N–H and O–H groups in total. The highest BCUT2D eigenvalue weighted by Crippen LogP contribution is 2.28. The van der Waals surface area contributed by atoms with Crippen molar-refractivity contribution in [1.82, 2.24) is 9.97 Å². The van der Waals surface area contributed by atoms with Crippen LogP contribution < -0.4 is 5.32 Å². The number of benzene rings is 3. The highest BCUT2D eigenvalue weighted by Gasteiger charge is 2.20. The number of carbonyl (C=O) groups excluding carboxylic acids is 1. The van der Waals surface area contributed by atoms with Gasteiger partial charge in [-0.15, -0.1) is 0 Å². The van der Waals surface area contributed by atoms with Gasteiger partial charge < -0.3 is 10.4 Å². The summed E-state index contributed by atoms with van der Waals surface area (Å²) in [5, 5.41) is 13.9. The number of aliphatic hydroxyl groups is 1. The second-order valence-corrected chi connectivity index (χ2v) is 8.27. The van der Waals surface area contributed by atoms with Gasteiger partial charge >= 0.3 is 0 Å². The molecule has 1 unspecified atom stereocenters. The van der Waals surface area contributed by atoms with Crippen molar-refractivity contribution in [3.05, 3.63) is 112 Å². The van der Waals surface area contributed by atoms with Crippen LogP contribution in [0.2, 0.25) is 0 Å². The van der Waals surface area contributed by atoms with Crippen LogP contribution in [0, 0.1) is 3.57 Å². The SMILES string of the molecule is O=C(Cc1ccc(I)cc1)Nc1ncc(-c2ccccc2)nc1C(O)c1ccccc1. The molecular formula is C25H20IN3O2. The normalized spacial score (nSPS) is 11.7. The van der Waals surface area contributed by atoms with E-state index >= 15 is 0 Å². The first-order valence-electron chi connectivity index (χ1n) is 9.80. The molecule has 0 saturated heterocycles. The molecule has 1 amide bonds. The smallest absolute Gasteiger partial charge is 0.229 e. The van der Waals surface area contributed by atoms with Crippen molar-refractivity contribution in [3.8, 4) is 11.3 Å². The summed E-state index contributed by atoms with van der Waals surface area (Å²) in [5.74, 6) is 0.0380. The summed E-state index contributed by atoms with van der Waals surface area (Å²) in [5.41, 5.74) is 3.39. The number of hydrogen-bond donors (Lipinski definition) is 2.